The predicted octanol–water partition coefficient (Wildman–Crippen LogP) is 1.67. The first-order valence-corrected chi connectivity index (χ1v) is 6.05. The van der Waals surface area contributed by atoms with E-state index < -0.39 is 0 Å². The summed E-state index contributed by atoms with van der Waals surface area (Å²) in [7, 11) is 1.86. The van der Waals surface area contributed by atoms with Gasteiger partial charge in [-0.3, -0.25) is 9.48 Å². The molecule has 1 aromatic heterocycles. The number of rotatable bonds is 3. The maximum atomic E-state index is 12.1. The number of hydrogen-bond donors (Lipinski definition) is 2. The maximum absolute atomic E-state index is 12.1. The summed E-state index contributed by atoms with van der Waals surface area (Å²) in [5.41, 5.74) is 3.08. The fourth-order valence-electron chi connectivity index (χ4n) is 1.86. The number of phenolic OH excluding ortho intramolecular Hbond substituents is 1. The van der Waals surface area contributed by atoms with Crippen molar-refractivity contribution in [2.24, 2.45) is 7.05 Å². The molecule has 0 saturated heterocycles. The number of aromatic hydroxyl groups is 1. The molecule has 0 unspecified atom stereocenters. The van der Waals surface area contributed by atoms with Gasteiger partial charge in [-0.2, -0.15) is 5.10 Å². The highest BCUT2D eigenvalue weighted by Crippen LogP contribution is 2.19. The molecule has 1 amide bonds. The molecule has 5 heteroatoms. The van der Waals surface area contributed by atoms with Crippen molar-refractivity contribution in [1.29, 1.82) is 0 Å². The van der Waals surface area contributed by atoms with Crippen LogP contribution in [0.4, 0.5) is 0 Å². The van der Waals surface area contributed by atoms with Crippen LogP contribution in [0.3, 0.4) is 0 Å². The minimum absolute atomic E-state index is 0.130. The molecule has 0 saturated carbocycles. The number of nitrogens with zero attached hydrogens (tertiary/aromatic N) is 2. The van der Waals surface area contributed by atoms with Crippen LogP contribution in [0.25, 0.3) is 0 Å². The lowest BCUT2D eigenvalue weighted by molar-refractivity contribution is 0.0950. The Morgan fingerprint density at radius 2 is 2.16 bits per heavy atom. The minimum atomic E-state index is -0.198. The average Bonchev–Trinajstić information content (AvgIpc) is 2.70. The second-order valence-electron chi connectivity index (χ2n) is 4.51. The summed E-state index contributed by atoms with van der Waals surface area (Å²) in [6.07, 6.45) is 1.74. The van der Waals surface area contributed by atoms with Gasteiger partial charge in [0.05, 0.1) is 6.20 Å². The van der Waals surface area contributed by atoms with Gasteiger partial charge in [-0.25, -0.2) is 0 Å². The Morgan fingerprint density at radius 3 is 2.79 bits per heavy atom. The first-order valence-electron chi connectivity index (χ1n) is 6.05. The molecule has 0 spiro atoms. The number of aryl methyl sites for hydroxylation is 1. The number of aromatic nitrogens is 2. The van der Waals surface area contributed by atoms with Crippen LogP contribution in [0.5, 0.6) is 5.75 Å². The van der Waals surface area contributed by atoms with Crippen molar-refractivity contribution in [2.45, 2.75) is 20.4 Å². The molecule has 2 N–H and O–H groups in total. The molecule has 0 aliphatic carbocycles. The number of phenols is 1. The fraction of sp³-hybridized carbons (Fsp3) is 0.286. The molecule has 0 atom stereocenters. The molecule has 1 heterocycles. The second-order valence-corrected chi connectivity index (χ2v) is 4.51. The van der Waals surface area contributed by atoms with Gasteiger partial charge in [0.2, 0.25) is 0 Å². The molecule has 0 bridgehead atoms. The maximum Gasteiger partial charge on any atom is 0.251 e. The Kier molecular flexibility index (Phi) is 3.55. The number of hydrogen-bond acceptors (Lipinski definition) is 3. The van der Waals surface area contributed by atoms with Crippen LogP contribution in [-0.2, 0) is 13.6 Å². The zero-order valence-corrected chi connectivity index (χ0v) is 11.3. The predicted molar refractivity (Wildman–Crippen MR) is 72.0 cm³/mol. The van der Waals surface area contributed by atoms with E-state index in [0.717, 1.165) is 11.3 Å². The van der Waals surface area contributed by atoms with Crippen molar-refractivity contribution in [2.75, 3.05) is 0 Å². The molecular weight excluding hydrogens is 242 g/mol. The molecule has 1 aromatic carbocycles. The van der Waals surface area contributed by atoms with Gasteiger partial charge in [-0.05, 0) is 26.0 Å². The normalized spacial score (nSPS) is 10.5. The summed E-state index contributed by atoms with van der Waals surface area (Å²) < 4.78 is 1.76. The smallest absolute Gasteiger partial charge is 0.251 e. The van der Waals surface area contributed by atoms with E-state index in [1.165, 1.54) is 0 Å². The number of carbonyl (C=O) groups excluding carboxylic acids is 1. The highest BCUT2D eigenvalue weighted by Gasteiger charge is 2.12. The van der Waals surface area contributed by atoms with E-state index in [4.69, 9.17) is 0 Å². The van der Waals surface area contributed by atoms with E-state index in [1.807, 2.05) is 14.0 Å². The molecule has 5 nitrogen and oxygen atoms in total. The van der Waals surface area contributed by atoms with E-state index in [-0.39, 0.29) is 11.7 Å². The van der Waals surface area contributed by atoms with Crippen LogP contribution in [0, 0.1) is 13.8 Å². The van der Waals surface area contributed by atoms with Gasteiger partial charge in [-0.15, -0.1) is 0 Å². The SMILES string of the molecule is Cc1c(O)cccc1C(=O)NCc1cnn(C)c1C. The van der Waals surface area contributed by atoms with Crippen molar-refractivity contribution in [3.05, 3.63) is 46.8 Å². The van der Waals surface area contributed by atoms with E-state index in [1.54, 1.807) is 36.0 Å². The van der Waals surface area contributed by atoms with E-state index in [2.05, 4.69) is 10.4 Å². The average molecular weight is 259 g/mol. The standard InChI is InChI=1S/C14H17N3O2/c1-9-12(5-4-6-13(9)18)14(19)15-7-11-8-16-17(3)10(11)2/h4-6,8,18H,7H2,1-3H3,(H,15,19). The summed E-state index contributed by atoms with van der Waals surface area (Å²) in [6.45, 7) is 4.10. The number of carbonyl (C=O) groups is 1. The van der Waals surface area contributed by atoms with Crippen LogP contribution < -0.4 is 5.32 Å². The summed E-state index contributed by atoms with van der Waals surface area (Å²) in [4.78, 5) is 12.1. The third-order valence-corrected chi connectivity index (χ3v) is 3.33. The van der Waals surface area contributed by atoms with Crippen molar-refractivity contribution in [1.82, 2.24) is 15.1 Å². The summed E-state index contributed by atoms with van der Waals surface area (Å²) in [5.74, 6) is -0.0677. The van der Waals surface area contributed by atoms with Gasteiger partial charge in [0.25, 0.3) is 5.91 Å². The molecule has 0 fully saturated rings. The first kappa shape index (κ1) is 13.1. The van der Waals surface area contributed by atoms with Crippen molar-refractivity contribution >= 4 is 5.91 Å². The molecule has 100 valence electrons. The van der Waals surface area contributed by atoms with Crippen molar-refractivity contribution < 1.29 is 9.90 Å². The van der Waals surface area contributed by atoms with Crippen molar-refractivity contribution in [3.8, 4) is 5.75 Å². The van der Waals surface area contributed by atoms with Gasteiger partial charge in [0.1, 0.15) is 5.75 Å². The van der Waals surface area contributed by atoms with Crippen LogP contribution >= 0.6 is 0 Å². The Bertz CT molecular complexity index is 617. The summed E-state index contributed by atoms with van der Waals surface area (Å²) >= 11 is 0. The topological polar surface area (TPSA) is 67.2 Å². The van der Waals surface area contributed by atoms with Gasteiger partial charge in [0.15, 0.2) is 0 Å². The molecule has 0 aliphatic heterocycles. The number of nitrogens with one attached hydrogen (secondary N) is 1. The second kappa shape index (κ2) is 5.14. The van der Waals surface area contributed by atoms with Crippen LogP contribution in [0.2, 0.25) is 0 Å². The summed E-state index contributed by atoms with van der Waals surface area (Å²) in [5, 5.41) is 16.5. The Hall–Kier alpha value is -2.30. The Labute approximate surface area is 111 Å². The lowest BCUT2D eigenvalue weighted by atomic mass is 10.1. The summed E-state index contributed by atoms with van der Waals surface area (Å²) in [6, 6.07) is 4.92. The fourth-order valence-corrected chi connectivity index (χ4v) is 1.86. The minimum Gasteiger partial charge on any atom is -0.508 e. The highest BCUT2D eigenvalue weighted by molar-refractivity contribution is 5.96. The zero-order valence-electron chi connectivity index (χ0n) is 11.3. The van der Waals surface area contributed by atoms with Crippen molar-refractivity contribution in [3.63, 3.8) is 0 Å². The molecule has 19 heavy (non-hydrogen) atoms. The lowest BCUT2D eigenvalue weighted by Crippen LogP contribution is -2.23. The number of amides is 1. The number of benzene rings is 1. The molecule has 2 rings (SSSR count). The quantitative estimate of drug-likeness (QED) is 0.881. The molecule has 0 aliphatic rings. The van der Waals surface area contributed by atoms with Gasteiger partial charge in [-0.1, -0.05) is 6.07 Å². The Balaban J connectivity index is 2.10. The van der Waals surface area contributed by atoms with E-state index in [0.29, 0.717) is 17.7 Å². The van der Waals surface area contributed by atoms with Gasteiger partial charge in [0, 0.05) is 36.0 Å². The van der Waals surface area contributed by atoms with Crippen LogP contribution in [0.1, 0.15) is 27.2 Å². The lowest BCUT2D eigenvalue weighted by Gasteiger charge is -2.08. The van der Waals surface area contributed by atoms with Crippen LogP contribution in [0.15, 0.2) is 24.4 Å². The van der Waals surface area contributed by atoms with E-state index in [9.17, 15) is 9.90 Å². The Morgan fingerprint density at radius 1 is 1.42 bits per heavy atom. The highest BCUT2D eigenvalue weighted by atomic mass is 16.3. The molecule has 2 aromatic rings. The van der Waals surface area contributed by atoms with Gasteiger partial charge < -0.3 is 10.4 Å². The third kappa shape index (κ3) is 2.59. The van der Waals surface area contributed by atoms with Crippen LogP contribution in [-0.4, -0.2) is 20.8 Å². The van der Waals surface area contributed by atoms with E-state index >= 15 is 0 Å². The first-order chi connectivity index (χ1) is 9.00. The molecule has 0 radical (unpaired) electrons. The third-order valence-electron chi connectivity index (χ3n) is 3.33. The van der Waals surface area contributed by atoms with Gasteiger partial charge >= 0.3 is 0 Å². The molecular formula is C14H17N3O2. The monoisotopic (exact) mass is 259 g/mol. The largest absolute Gasteiger partial charge is 0.508 e. The zero-order chi connectivity index (χ0) is 14.0.